The van der Waals surface area contributed by atoms with Crippen molar-refractivity contribution in [3.63, 3.8) is 0 Å². The fourth-order valence-corrected chi connectivity index (χ4v) is 11.4. The summed E-state index contributed by atoms with van der Waals surface area (Å²) in [5, 5.41) is 12.6. The maximum absolute atomic E-state index is 13.7. The number of H-pyrrole nitrogens is 1. The number of nitrogens with zero attached hydrogens (tertiary/aromatic N) is 3. The predicted octanol–water partition coefficient (Wildman–Crippen LogP) is 11.5. The van der Waals surface area contributed by atoms with Crippen LogP contribution in [0.5, 0.6) is 11.5 Å². The van der Waals surface area contributed by atoms with Crippen LogP contribution in [0.1, 0.15) is 160 Å². The van der Waals surface area contributed by atoms with Crippen LogP contribution in [0, 0.1) is 11.3 Å². The highest BCUT2D eigenvalue weighted by Gasteiger charge is 2.51. The third-order valence-corrected chi connectivity index (χ3v) is 15.5. The Balaban J connectivity index is 1.41. The molecule has 1 saturated heterocycles. The molecule has 2 N–H and O–H groups in total. The van der Waals surface area contributed by atoms with Crippen LogP contribution in [0.25, 0.3) is 0 Å². The molecule has 1 amide bonds. The highest BCUT2D eigenvalue weighted by Crippen LogP contribution is 2.51. The molecule has 1 unspecified atom stereocenters. The van der Waals surface area contributed by atoms with Crippen molar-refractivity contribution in [2.24, 2.45) is 0 Å². The van der Waals surface area contributed by atoms with Gasteiger partial charge in [-0.25, -0.2) is 9.46 Å². The van der Waals surface area contributed by atoms with E-state index in [1.807, 2.05) is 107 Å². The second kappa shape index (κ2) is 32.5. The van der Waals surface area contributed by atoms with E-state index in [0.29, 0.717) is 18.0 Å². The summed E-state index contributed by atoms with van der Waals surface area (Å²) in [5.74, 6) is 1.17. The molecule has 5 rings (SSSR count). The maximum Gasteiger partial charge on any atom is 0.330 e. The number of rotatable bonds is 36. The summed E-state index contributed by atoms with van der Waals surface area (Å²) < 4.78 is 49.2. The van der Waals surface area contributed by atoms with Crippen LogP contribution in [0.2, 0.25) is 0 Å². The molecule has 406 valence electrons. The number of amides is 1. The topological polar surface area (TPSA) is 176 Å². The molecule has 1 fully saturated rings. The Bertz CT molecular complexity index is 2300. The van der Waals surface area contributed by atoms with Gasteiger partial charge in [0.25, 0.3) is 14.1 Å². The molecule has 2 heterocycles. The number of methoxy groups -OCH3 is 2. The first-order valence-corrected chi connectivity index (χ1v) is 28.2. The van der Waals surface area contributed by atoms with Crippen molar-refractivity contribution in [2.45, 2.75) is 180 Å². The molecule has 1 aliphatic heterocycles. The minimum Gasteiger partial charge on any atom is -0.497 e. The summed E-state index contributed by atoms with van der Waals surface area (Å²) in [6.07, 6.45) is 15.1. The van der Waals surface area contributed by atoms with Crippen LogP contribution in [0.3, 0.4) is 0 Å². The number of aromatic nitrogens is 2. The highest BCUT2D eigenvalue weighted by molar-refractivity contribution is 7.44. The van der Waals surface area contributed by atoms with Gasteiger partial charge in [-0.1, -0.05) is 145 Å². The van der Waals surface area contributed by atoms with Gasteiger partial charge in [-0.05, 0) is 75.1 Å². The second-order valence-electron chi connectivity index (χ2n) is 19.5. The number of nitrogens with one attached hydrogen (secondary N) is 2. The standard InChI is InChI=1S/C58H84N5O10P/c1-8-9-10-11-12-13-14-15-16-17-18-19-20-24-39-60-52(64)37-42-69-55-54(73-74(71-41-25-38-59)63(44(2)3)45(4)5)51(72-56(55)62-40-36-53(65)61-57(62)66)43-70-58(46-26-22-21-23-27-46,47-28-32-49(67-6)33-29-47)48-30-34-50(68-7)35-31-48/h21-23,26-36,40,44-45,51,54-56H,8-20,24-25,37,39,41-43H2,1-7H3,(H,60,64)(H,61,65,66)/t51-,54-,55-,56-,74?/m1/s1. The quantitative estimate of drug-likeness (QED) is 0.0251. The number of ether oxygens (including phenoxy) is 5. The van der Waals surface area contributed by atoms with E-state index in [4.69, 9.17) is 32.7 Å². The van der Waals surface area contributed by atoms with Crippen molar-refractivity contribution in [2.75, 3.05) is 40.6 Å². The lowest BCUT2D eigenvalue weighted by atomic mass is 9.80. The monoisotopic (exact) mass is 1040 g/mol. The molecule has 1 aliphatic rings. The summed E-state index contributed by atoms with van der Waals surface area (Å²) >= 11 is 0. The third-order valence-electron chi connectivity index (χ3n) is 13.4. The van der Waals surface area contributed by atoms with Gasteiger partial charge in [0.15, 0.2) is 6.23 Å². The number of hydrogen-bond donors (Lipinski definition) is 2. The van der Waals surface area contributed by atoms with Crippen molar-refractivity contribution >= 4 is 14.4 Å². The Hall–Kier alpha value is -4.91. The smallest absolute Gasteiger partial charge is 0.330 e. The maximum atomic E-state index is 13.7. The number of unbranched alkanes of at least 4 members (excludes halogenated alkanes) is 13. The van der Waals surface area contributed by atoms with Crippen molar-refractivity contribution < 1.29 is 37.5 Å². The number of carbonyl (C=O) groups is 1. The molecule has 1 aromatic heterocycles. The fourth-order valence-electron chi connectivity index (χ4n) is 9.60. The van der Waals surface area contributed by atoms with Crippen molar-refractivity contribution in [1.82, 2.24) is 19.5 Å². The van der Waals surface area contributed by atoms with Gasteiger partial charge in [0, 0.05) is 37.3 Å². The van der Waals surface area contributed by atoms with Crippen LogP contribution >= 0.6 is 8.53 Å². The van der Waals surface area contributed by atoms with Gasteiger partial charge in [-0.2, -0.15) is 5.26 Å². The lowest BCUT2D eigenvalue weighted by Crippen LogP contribution is -2.44. The van der Waals surface area contributed by atoms with Crippen LogP contribution in [0.4, 0.5) is 0 Å². The number of carbonyl (C=O) groups excluding carboxylic acids is 1. The summed E-state index contributed by atoms with van der Waals surface area (Å²) in [4.78, 5) is 41.9. The summed E-state index contributed by atoms with van der Waals surface area (Å²) in [6, 6.07) is 28.6. The highest BCUT2D eigenvalue weighted by atomic mass is 31.2. The molecule has 74 heavy (non-hydrogen) atoms. The third kappa shape index (κ3) is 17.9. The summed E-state index contributed by atoms with van der Waals surface area (Å²) in [6.45, 7) is 11.0. The molecule has 0 saturated carbocycles. The molecule has 3 aromatic carbocycles. The van der Waals surface area contributed by atoms with Gasteiger partial charge in [0.05, 0.1) is 46.5 Å². The zero-order valence-electron chi connectivity index (χ0n) is 45.1. The molecule has 16 heteroatoms. The minimum absolute atomic E-state index is 0.0302. The average Bonchev–Trinajstić information content (AvgIpc) is 3.73. The van der Waals surface area contributed by atoms with E-state index in [1.54, 1.807) is 14.2 Å². The normalized spacial score (nSPS) is 17.2. The minimum atomic E-state index is -1.90. The Kier molecular flexibility index (Phi) is 26.3. The molecular formula is C58H84N5O10P. The molecule has 4 aromatic rings. The Morgan fingerprint density at radius 3 is 1.81 bits per heavy atom. The lowest BCUT2D eigenvalue weighted by Gasteiger charge is -2.39. The Morgan fingerprint density at radius 2 is 1.30 bits per heavy atom. The SMILES string of the molecule is CCCCCCCCCCCCCCCCNC(=O)CCO[C@@H]1[C@H](OP(OCCC#N)N(C(C)C)C(C)C)[C@@H](COC(c2ccccc2)(c2ccc(OC)cc2)c2ccc(OC)cc2)O[C@H]1n1ccc(=O)[nH]c1=O. The van der Waals surface area contributed by atoms with Gasteiger partial charge in [0.1, 0.15) is 35.4 Å². The molecule has 0 bridgehead atoms. The van der Waals surface area contributed by atoms with Crippen LogP contribution < -0.4 is 26.0 Å². The Labute approximate surface area is 441 Å². The summed E-state index contributed by atoms with van der Waals surface area (Å²) in [5.41, 5.74) is -0.136. The fraction of sp³-hybridized carbons (Fsp3) is 0.586. The van der Waals surface area contributed by atoms with Crippen molar-refractivity contribution in [3.8, 4) is 17.6 Å². The van der Waals surface area contributed by atoms with Crippen molar-refractivity contribution in [3.05, 3.63) is 129 Å². The van der Waals surface area contributed by atoms with Gasteiger partial charge in [-0.3, -0.25) is 19.1 Å². The molecule has 0 spiro atoms. The van der Waals surface area contributed by atoms with E-state index in [1.165, 1.54) is 87.5 Å². The first-order chi connectivity index (χ1) is 36.0. The van der Waals surface area contributed by atoms with E-state index < -0.39 is 49.9 Å². The number of nitriles is 1. The van der Waals surface area contributed by atoms with E-state index in [2.05, 4.69) is 28.0 Å². The number of aromatic amines is 1. The lowest BCUT2D eigenvalue weighted by molar-refractivity contribution is -0.124. The Morgan fingerprint density at radius 1 is 0.757 bits per heavy atom. The number of hydrogen-bond acceptors (Lipinski definition) is 12. The largest absolute Gasteiger partial charge is 0.497 e. The first kappa shape index (κ1) is 60.0. The van der Waals surface area contributed by atoms with Gasteiger partial charge in [-0.15, -0.1) is 0 Å². The van der Waals surface area contributed by atoms with Gasteiger partial charge >= 0.3 is 5.69 Å². The number of benzene rings is 3. The van der Waals surface area contributed by atoms with Gasteiger partial charge in [0.2, 0.25) is 5.91 Å². The molecule has 15 nitrogen and oxygen atoms in total. The van der Waals surface area contributed by atoms with Crippen molar-refractivity contribution in [1.29, 1.82) is 5.26 Å². The summed E-state index contributed by atoms with van der Waals surface area (Å²) in [7, 11) is 1.34. The molecule has 0 radical (unpaired) electrons. The van der Waals surface area contributed by atoms with Crippen LogP contribution in [0.15, 0.2) is 101 Å². The van der Waals surface area contributed by atoms with E-state index in [0.717, 1.165) is 36.0 Å². The average molecular weight is 1040 g/mol. The predicted molar refractivity (Wildman–Crippen MR) is 291 cm³/mol. The second-order valence-corrected chi connectivity index (χ2v) is 21.0. The van der Waals surface area contributed by atoms with E-state index in [9.17, 15) is 19.6 Å². The first-order valence-electron chi connectivity index (χ1n) is 27.1. The molecule has 0 aliphatic carbocycles. The molecular weight excluding hydrogens is 958 g/mol. The van der Waals surface area contributed by atoms with E-state index in [-0.39, 0.29) is 50.7 Å². The zero-order valence-corrected chi connectivity index (χ0v) is 46.0. The van der Waals surface area contributed by atoms with Gasteiger partial charge < -0.3 is 38.0 Å². The van der Waals surface area contributed by atoms with Crippen LogP contribution in [-0.4, -0.2) is 91.1 Å². The zero-order chi connectivity index (χ0) is 53.1. The van der Waals surface area contributed by atoms with Crippen LogP contribution in [-0.2, 0) is 33.7 Å². The van der Waals surface area contributed by atoms with E-state index >= 15 is 0 Å². The molecule has 5 atom stereocenters.